The lowest BCUT2D eigenvalue weighted by Gasteiger charge is -2.55. The van der Waals surface area contributed by atoms with Crippen LogP contribution in [0.5, 0.6) is 5.75 Å². The third-order valence-electron chi connectivity index (χ3n) is 5.27. The van der Waals surface area contributed by atoms with E-state index < -0.39 is 17.7 Å². The molecular weight excluding hydrogens is 524 g/mol. The number of piperidine rings is 1. The lowest BCUT2D eigenvalue weighted by atomic mass is 9.88. The monoisotopic (exact) mass is 547 g/mol. The van der Waals surface area contributed by atoms with E-state index in [1.807, 2.05) is 25.7 Å². The average molecular weight is 548 g/mol. The van der Waals surface area contributed by atoms with Gasteiger partial charge in [0.25, 0.3) is 0 Å². The molecule has 3 saturated heterocycles. The summed E-state index contributed by atoms with van der Waals surface area (Å²) in [7, 11) is 0. The molecule has 0 N–H and O–H groups in total. The Labute approximate surface area is 201 Å². The molecule has 0 radical (unpaired) electrons. The number of esters is 1. The van der Waals surface area contributed by atoms with E-state index in [9.17, 15) is 18.4 Å². The minimum Gasteiger partial charge on any atom is -0.459 e. The fourth-order valence-corrected chi connectivity index (χ4v) is 5.50. The molecule has 12 heteroatoms. The highest BCUT2D eigenvalue weighted by Gasteiger charge is 2.49. The molecule has 1 aromatic heterocycles. The number of benzene rings is 1. The number of rotatable bonds is 5. The number of carbonyl (C=O) groups is 2. The summed E-state index contributed by atoms with van der Waals surface area (Å²) < 4.78 is 44.3. The molecule has 1 amide bonds. The first-order chi connectivity index (χ1) is 15.4. The van der Waals surface area contributed by atoms with Crippen molar-refractivity contribution >= 4 is 54.7 Å². The first-order valence-corrected chi connectivity index (χ1v) is 12.1. The van der Waals surface area contributed by atoms with Gasteiger partial charge in [-0.25, -0.2) is 14.6 Å². The topological polar surface area (TPSA) is 81.2 Å². The van der Waals surface area contributed by atoms with Gasteiger partial charge in [0.2, 0.25) is 0 Å². The van der Waals surface area contributed by atoms with E-state index in [1.165, 1.54) is 24.3 Å². The predicted molar refractivity (Wildman–Crippen MR) is 122 cm³/mol. The maximum atomic E-state index is 14.2. The van der Waals surface area contributed by atoms with Gasteiger partial charge in [0.15, 0.2) is 10.9 Å². The minimum absolute atomic E-state index is 0.00193. The predicted octanol–water partition coefficient (Wildman–Crippen LogP) is 4.79. The quantitative estimate of drug-likeness (QED) is 0.497. The zero-order valence-corrected chi connectivity index (χ0v) is 21.0. The molecule has 33 heavy (non-hydrogen) atoms. The van der Waals surface area contributed by atoms with Crippen molar-refractivity contribution in [1.82, 2.24) is 9.88 Å². The number of aromatic nitrogens is 1. The molecule has 180 valence electrons. The average Bonchev–Trinajstić information content (AvgIpc) is 3.15. The summed E-state index contributed by atoms with van der Waals surface area (Å²) in [6.45, 7) is 7.85. The van der Waals surface area contributed by atoms with Gasteiger partial charge in [-0.05, 0) is 62.2 Å². The largest absolute Gasteiger partial charge is 0.502 e. The van der Waals surface area contributed by atoms with Crippen molar-refractivity contribution in [3.8, 4) is 5.75 Å². The van der Waals surface area contributed by atoms with Gasteiger partial charge in [-0.3, -0.25) is 4.90 Å². The van der Waals surface area contributed by atoms with Crippen LogP contribution < -0.4 is 9.64 Å². The fraction of sp³-hybridized carbons (Fsp3) is 0.571. The van der Waals surface area contributed by atoms with Crippen molar-refractivity contribution in [2.45, 2.75) is 57.9 Å². The van der Waals surface area contributed by atoms with E-state index in [4.69, 9.17) is 9.47 Å². The Morgan fingerprint density at radius 3 is 2.52 bits per heavy atom. The molecule has 5 rings (SSSR count). The number of fused-ring (bicyclic) bond motifs is 3. The SMILES string of the molecule is CCOC(=O)C(F)(F)Oc1ccc(Br)c2sc(N3CC4CC(C3)N4C(=O)OC(C)(C)C)nc12. The van der Waals surface area contributed by atoms with Crippen molar-refractivity contribution in [2.24, 2.45) is 0 Å². The second kappa shape index (κ2) is 8.53. The molecule has 4 heterocycles. The van der Waals surface area contributed by atoms with E-state index >= 15 is 0 Å². The smallest absolute Gasteiger partial charge is 0.459 e. The van der Waals surface area contributed by atoms with Gasteiger partial charge >= 0.3 is 18.2 Å². The van der Waals surface area contributed by atoms with E-state index in [0.717, 1.165) is 6.42 Å². The van der Waals surface area contributed by atoms with Gasteiger partial charge < -0.3 is 19.1 Å². The normalized spacial score (nSPS) is 20.5. The lowest BCUT2D eigenvalue weighted by molar-refractivity contribution is -0.216. The van der Waals surface area contributed by atoms with E-state index in [1.54, 1.807) is 11.0 Å². The van der Waals surface area contributed by atoms with Crippen LogP contribution in [0.15, 0.2) is 16.6 Å². The van der Waals surface area contributed by atoms with Crippen LogP contribution in [-0.4, -0.2) is 65.4 Å². The number of piperazine rings is 1. The molecular formula is C21H24BrF2N3O5S. The summed E-state index contributed by atoms with van der Waals surface area (Å²) in [6, 6.07) is 2.90. The molecule has 8 nitrogen and oxygen atoms in total. The highest BCUT2D eigenvalue weighted by atomic mass is 79.9. The number of hydrogen-bond acceptors (Lipinski definition) is 8. The summed E-state index contributed by atoms with van der Waals surface area (Å²) in [6.07, 6.45) is -3.58. The van der Waals surface area contributed by atoms with Crippen molar-refractivity contribution in [2.75, 3.05) is 24.6 Å². The third kappa shape index (κ3) is 4.72. The van der Waals surface area contributed by atoms with Crippen LogP contribution in [0.1, 0.15) is 34.1 Å². The molecule has 3 aliphatic rings. The maximum Gasteiger partial charge on any atom is 0.502 e. The molecule has 2 aromatic rings. The van der Waals surface area contributed by atoms with Crippen molar-refractivity contribution in [3.63, 3.8) is 0 Å². The number of amides is 1. The highest BCUT2D eigenvalue weighted by Crippen LogP contribution is 2.43. The van der Waals surface area contributed by atoms with Gasteiger partial charge in [-0.1, -0.05) is 11.3 Å². The van der Waals surface area contributed by atoms with Crippen LogP contribution in [0.2, 0.25) is 0 Å². The van der Waals surface area contributed by atoms with Gasteiger partial charge in [0.1, 0.15) is 11.1 Å². The number of anilines is 1. The number of carbonyl (C=O) groups excluding carboxylic acids is 2. The van der Waals surface area contributed by atoms with E-state index in [-0.39, 0.29) is 36.1 Å². The fourth-order valence-electron chi connectivity index (χ4n) is 3.93. The minimum atomic E-state index is -4.14. The summed E-state index contributed by atoms with van der Waals surface area (Å²) >= 11 is 4.75. The summed E-state index contributed by atoms with van der Waals surface area (Å²) in [5, 5.41) is 0.625. The van der Waals surface area contributed by atoms with Crippen LogP contribution in [0.25, 0.3) is 10.2 Å². The molecule has 0 aliphatic carbocycles. The molecule has 0 saturated carbocycles. The number of ether oxygens (including phenoxy) is 3. The van der Waals surface area contributed by atoms with Crippen molar-refractivity contribution < 1.29 is 32.6 Å². The molecule has 2 unspecified atom stereocenters. The maximum absolute atomic E-state index is 14.2. The standard InChI is InChI=1S/C21H24BrF2N3O5S/c1-5-30-17(28)21(23,24)31-14-7-6-13(22)16-15(14)25-18(33-16)26-9-11-8-12(10-26)27(11)19(29)32-20(2,3)4/h6-7,11-12H,5,8-10H2,1-4H3. The van der Waals surface area contributed by atoms with Gasteiger partial charge in [0, 0.05) is 17.6 Å². The number of alkyl halides is 2. The zero-order valence-electron chi connectivity index (χ0n) is 18.6. The van der Waals surface area contributed by atoms with Gasteiger partial charge in [-0.2, -0.15) is 8.78 Å². The molecule has 1 aromatic carbocycles. The third-order valence-corrected chi connectivity index (χ3v) is 7.34. The lowest BCUT2D eigenvalue weighted by Crippen LogP contribution is -2.70. The number of nitrogens with zero attached hydrogens (tertiary/aromatic N) is 3. The highest BCUT2D eigenvalue weighted by molar-refractivity contribution is 9.10. The van der Waals surface area contributed by atoms with Crippen molar-refractivity contribution in [3.05, 3.63) is 16.6 Å². The Bertz CT molecular complexity index is 1080. The number of halogens is 3. The molecule has 0 spiro atoms. The van der Waals surface area contributed by atoms with Crippen LogP contribution in [0.4, 0.5) is 18.7 Å². The first kappa shape index (κ1) is 23.9. The number of thiazole rings is 1. The van der Waals surface area contributed by atoms with Crippen LogP contribution >= 0.6 is 27.3 Å². The van der Waals surface area contributed by atoms with Crippen LogP contribution in [-0.2, 0) is 14.3 Å². The summed E-state index contributed by atoms with van der Waals surface area (Å²) in [4.78, 5) is 32.4. The second-order valence-corrected chi connectivity index (χ2v) is 10.7. The molecule has 2 atom stereocenters. The Hall–Kier alpha value is -2.21. The second-order valence-electron chi connectivity index (χ2n) is 8.89. The Kier molecular flexibility index (Phi) is 6.19. The zero-order chi connectivity index (χ0) is 24.1. The van der Waals surface area contributed by atoms with Gasteiger partial charge in [-0.15, -0.1) is 0 Å². The number of hydrogen-bond donors (Lipinski definition) is 0. The Balaban J connectivity index is 1.54. The van der Waals surface area contributed by atoms with E-state index in [0.29, 0.717) is 27.4 Å². The molecule has 3 aliphatic heterocycles. The molecule has 2 bridgehead atoms. The summed E-state index contributed by atoms with van der Waals surface area (Å²) in [5.74, 6) is -1.97. The Morgan fingerprint density at radius 2 is 1.91 bits per heavy atom. The van der Waals surface area contributed by atoms with Crippen LogP contribution in [0.3, 0.4) is 0 Å². The molecule has 3 fully saturated rings. The Morgan fingerprint density at radius 1 is 1.24 bits per heavy atom. The van der Waals surface area contributed by atoms with E-state index in [2.05, 4.69) is 25.7 Å². The van der Waals surface area contributed by atoms with Crippen molar-refractivity contribution in [1.29, 1.82) is 0 Å². The first-order valence-electron chi connectivity index (χ1n) is 10.5. The summed E-state index contributed by atoms with van der Waals surface area (Å²) in [5.41, 5.74) is -0.348. The van der Waals surface area contributed by atoms with Gasteiger partial charge in [0.05, 0.1) is 23.4 Å². The van der Waals surface area contributed by atoms with Crippen LogP contribution in [0, 0.1) is 0 Å².